The van der Waals surface area contributed by atoms with Gasteiger partial charge in [0.2, 0.25) is 0 Å². The van der Waals surface area contributed by atoms with Crippen LogP contribution in [0.4, 0.5) is 13.2 Å². The predicted octanol–water partition coefficient (Wildman–Crippen LogP) is 4.86. The normalized spacial score (nSPS) is 13.1. The zero-order valence-corrected chi connectivity index (χ0v) is 13.7. The number of ether oxygens (including phenoxy) is 1. The Balaban J connectivity index is 2.79. The predicted molar refractivity (Wildman–Crippen MR) is 79.3 cm³/mol. The molecule has 124 valence electrons. The summed E-state index contributed by atoms with van der Waals surface area (Å²) in [6, 6.07) is 5.16. The molecule has 0 amide bonds. The van der Waals surface area contributed by atoms with Crippen LogP contribution in [0.2, 0.25) is 0 Å². The van der Waals surface area contributed by atoms with E-state index in [9.17, 15) is 18.0 Å². The van der Waals surface area contributed by atoms with Gasteiger partial charge in [0.05, 0.1) is 18.1 Å². The van der Waals surface area contributed by atoms with Crippen molar-refractivity contribution in [2.75, 3.05) is 7.11 Å². The smallest absolute Gasteiger partial charge is 0.416 e. The van der Waals surface area contributed by atoms with E-state index in [1.807, 2.05) is 27.7 Å². The molecule has 0 aliphatic rings. The summed E-state index contributed by atoms with van der Waals surface area (Å²) in [5, 5.41) is 0. The quantitative estimate of drug-likeness (QED) is 0.725. The van der Waals surface area contributed by atoms with Gasteiger partial charge in [0.1, 0.15) is 0 Å². The van der Waals surface area contributed by atoms with Crippen LogP contribution in [0.5, 0.6) is 0 Å². The molecule has 1 aromatic carbocycles. The van der Waals surface area contributed by atoms with Gasteiger partial charge in [-0.25, -0.2) is 0 Å². The number of alkyl halides is 3. The molecule has 0 saturated carbocycles. The van der Waals surface area contributed by atoms with Crippen LogP contribution in [0.3, 0.4) is 0 Å². The van der Waals surface area contributed by atoms with Crippen molar-refractivity contribution in [3.05, 3.63) is 35.4 Å². The first kappa shape index (κ1) is 18.5. The Morgan fingerprint density at radius 2 is 1.55 bits per heavy atom. The molecular weight excluding hydrogens is 293 g/mol. The molecule has 0 heterocycles. The van der Waals surface area contributed by atoms with Crippen molar-refractivity contribution in [3.8, 4) is 0 Å². The molecule has 0 radical (unpaired) electrons. The third-order valence-corrected chi connectivity index (χ3v) is 4.71. The number of hydrogen-bond donors (Lipinski definition) is 0. The molecule has 1 rings (SSSR count). The van der Waals surface area contributed by atoms with E-state index in [1.54, 1.807) is 0 Å². The van der Waals surface area contributed by atoms with Crippen LogP contribution < -0.4 is 0 Å². The van der Waals surface area contributed by atoms with E-state index in [2.05, 4.69) is 0 Å². The summed E-state index contributed by atoms with van der Waals surface area (Å²) >= 11 is 0. The second-order valence-corrected chi connectivity index (χ2v) is 6.70. The molecule has 5 heteroatoms. The van der Waals surface area contributed by atoms with Crippen molar-refractivity contribution in [2.45, 2.75) is 46.7 Å². The first-order chi connectivity index (χ1) is 9.91. The monoisotopic (exact) mass is 316 g/mol. The van der Waals surface area contributed by atoms with Gasteiger partial charge in [0.25, 0.3) is 0 Å². The lowest BCUT2D eigenvalue weighted by atomic mass is 9.65. The molecule has 0 N–H and O–H groups in total. The summed E-state index contributed by atoms with van der Waals surface area (Å²) in [6.07, 6.45) is -3.04. The molecule has 0 aliphatic heterocycles. The van der Waals surface area contributed by atoms with E-state index in [-0.39, 0.29) is 11.4 Å². The molecule has 0 spiro atoms. The van der Waals surface area contributed by atoms with Crippen LogP contribution in [0.25, 0.3) is 0 Å². The van der Waals surface area contributed by atoms with Crippen LogP contribution in [0, 0.1) is 10.8 Å². The SMILES string of the molecule is COC(=O)C(C)(C)C(C)(C)CCc1ccc(C(F)(F)F)cc1. The molecule has 2 nitrogen and oxygen atoms in total. The second-order valence-electron chi connectivity index (χ2n) is 6.70. The van der Waals surface area contributed by atoms with E-state index in [1.165, 1.54) is 19.2 Å². The Morgan fingerprint density at radius 1 is 1.05 bits per heavy atom. The molecule has 0 fully saturated rings. The van der Waals surface area contributed by atoms with Gasteiger partial charge in [-0.1, -0.05) is 26.0 Å². The maximum atomic E-state index is 12.5. The highest BCUT2D eigenvalue weighted by Crippen LogP contribution is 2.43. The minimum Gasteiger partial charge on any atom is -0.469 e. The number of halogens is 3. The fraction of sp³-hybridized carbons (Fsp3) is 0.588. The van der Waals surface area contributed by atoms with Crippen LogP contribution >= 0.6 is 0 Å². The van der Waals surface area contributed by atoms with E-state index >= 15 is 0 Å². The van der Waals surface area contributed by atoms with E-state index in [4.69, 9.17) is 4.74 Å². The van der Waals surface area contributed by atoms with Gasteiger partial charge in [-0.15, -0.1) is 0 Å². The van der Waals surface area contributed by atoms with E-state index < -0.39 is 17.2 Å². The van der Waals surface area contributed by atoms with Gasteiger partial charge < -0.3 is 4.74 Å². The molecule has 0 saturated heterocycles. The lowest BCUT2D eigenvalue weighted by Gasteiger charge is -2.39. The maximum Gasteiger partial charge on any atom is 0.416 e. The zero-order valence-electron chi connectivity index (χ0n) is 13.7. The van der Waals surface area contributed by atoms with Crippen molar-refractivity contribution >= 4 is 5.97 Å². The largest absolute Gasteiger partial charge is 0.469 e. The Bertz CT molecular complexity index is 514. The highest BCUT2D eigenvalue weighted by molar-refractivity contribution is 5.76. The average molecular weight is 316 g/mol. The number of methoxy groups -OCH3 is 1. The Labute approximate surface area is 129 Å². The number of esters is 1. The van der Waals surface area contributed by atoms with E-state index in [0.717, 1.165) is 17.7 Å². The third-order valence-electron chi connectivity index (χ3n) is 4.71. The van der Waals surface area contributed by atoms with Crippen molar-refractivity contribution in [1.82, 2.24) is 0 Å². The average Bonchev–Trinajstić information content (AvgIpc) is 2.43. The van der Waals surface area contributed by atoms with Gasteiger partial charge >= 0.3 is 12.1 Å². The van der Waals surface area contributed by atoms with Crippen LogP contribution in [0.1, 0.15) is 45.2 Å². The van der Waals surface area contributed by atoms with Gasteiger partial charge in [0.15, 0.2) is 0 Å². The molecule has 0 aliphatic carbocycles. The second kappa shape index (κ2) is 6.31. The third kappa shape index (κ3) is 4.02. The summed E-state index contributed by atoms with van der Waals surface area (Å²) in [5.41, 5.74) is -0.844. The van der Waals surface area contributed by atoms with Crippen molar-refractivity contribution in [3.63, 3.8) is 0 Å². The highest BCUT2D eigenvalue weighted by atomic mass is 19.4. The van der Waals surface area contributed by atoms with Gasteiger partial charge in [0, 0.05) is 0 Å². The fourth-order valence-electron chi connectivity index (χ4n) is 2.16. The summed E-state index contributed by atoms with van der Waals surface area (Å²) in [7, 11) is 1.36. The van der Waals surface area contributed by atoms with Gasteiger partial charge in [-0.05, 0) is 49.8 Å². The van der Waals surface area contributed by atoms with Crippen LogP contribution in [-0.4, -0.2) is 13.1 Å². The van der Waals surface area contributed by atoms with Crippen molar-refractivity contribution in [2.24, 2.45) is 10.8 Å². The number of rotatable bonds is 5. The maximum absolute atomic E-state index is 12.5. The van der Waals surface area contributed by atoms with Gasteiger partial charge in [-0.3, -0.25) is 4.79 Å². The summed E-state index contributed by atoms with van der Waals surface area (Å²) in [6.45, 7) is 7.58. The lowest BCUT2D eigenvalue weighted by Crippen LogP contribution is -2.40. The number of carbonyl (C=O) groups is 1. The van der Waals surface area contributed by atoms with Crippen LogP contribution in [0.15, 0.2) is 24.3 Å². The zero-order chi connectivity index (χ0) is 17.2. The van der Waals surface area contributed by atoms with Crippen LogP contribution in [-0.2, 0) is 22.1 Å². The van der Waals surface area contributed by atoms with E-state index in [0.29, 0.717) is 12.8 Å². The fourth-order valence-corrected chi connectivity index (χ4v) is 2.16. The molecule has 1 aromatic rings. The highest BCUT2D eigenvalue weighted by Gasteiger charge is 2.43. The number of aryl methyl sites for hydroxylation is 1. The van der Waals surface area contributed by atoms with Crippen molar-refractivity contribution < 1.29 is 22.7 Å². The first-order valence-electron chi connectivity index (χ1n) is 7.16. The topological polar surface area (TPSA) is 26.3 Å². The van der Waals surface area contributed by atoms with Gasteiger partial charge in [-0.2, -0.15) is 13.2 Å². The Morgan fingerprint density at radius 3 is 1.95 bits per heavy atom. The molecule has 0 aromatic heterocycles. The number of benzene rings is 1. The Kier molecular flexibility index (Phi) is 5.31. The molecular formula is C17H23F3O2. The molecule has 0 bridgehead atoms. The molecule has 22 heavy (non-hydrogen) atoms. The first-order valence-corrected chi connectivity index (χ1v) is 7.16. The minimum absolute atomic E-state index is 0.287. The Hall–Kier alpha value is -1.52. The summed E-state index contributed by atoms with van der Waals surface area (Å²) in [5.74, 6) is -0.287. The molecule has 0 unspecified atom stereocenters. The van der Waals surface area contributed by atoms with Crippen molar-refractivity contribution in [1.29, 1.82) is 0 Å². The lowest BCUT2D eigenvalue weighted by molar-refractivity contribution is -0.158. The minimum atomic E-state index is -4.31. The molecule has 0 atom stereocenters. The standard InChI is InChI=1S/C17H23F3O2/c1-15(2,16(3,4)14(21)22-5)11-10-12-6-8-13(9-7-12)17(18,19)20/h6-9H,10-11H2,1-5H3. The summed E-state index contributed by atoms with van der Waals surface area (Å²) in [4.78, 5) is 11.9. The number of hydrogen-bond acceptors (Lipinski definition) is 2. The number of carbonyl (C=O) groups excluding carboxylic acids is 1. The summed E-state index contributed by atoms with van der Waals surface area (Å²) < 4.78 is 42.4.